The largest absolute Gasteiger partial charge is 0.364 e. The van der Waals surface area contributed by atoms with Crippen LogP contribution in [0.2, 0.25) is 0 Å². The van der Waals surface area contributed by atoms with Gasteiger partial charge in [0.25, 0.3) is 0 Å². The van der Waals surface area contributed by atoms with Gasteiger partial charge in [-0.25, -0.2) is 0 Å². The van der Waals surface area contributed by atoms with Gasteiger partial charge in [0.1, 0.15) is 0 Å². The average Bonchev–Trinajstić information content (AvgIpc) is 3.11. The summed E-state index contributed by atoms with van der Waals surface area (Å²) in [7, 11) is 8.28. The van der Waals surface area contributed by atoms with Crippen LogP contribution in [0, 0.1) is 0 Å². The first-order valence-electron chi connectivity index (χ1n) is 7.37. The molecule has 0 aliphatic carbocycles. The van der Waals surface area contributed by atoms with Gasteiger partial charge < -0.3 is 20.1 Å². The van der Waals surface area contributed by atoms with Gasteiger partial charge in [0.05, 0.1) is 6.54 Å². The molecule has 0 bridgehead atoms. The van der Waals surface area contributed by atoms with Crippen LogP contribution in [0.25, 0.3) is 0 Å². The zero-order valence-electron chi connectivity index (χ0n) is 13.5. The third-order valence-electron chi connectivity index (χ3n) is 4.25. The molecule has 1 atom stereocenters. The van der Waals surface area contributed by atoms with Gasteiger partial charge in [-0.1, -0.05) is 0 Å². The Balaban J connectivity index is 1.93. The summed E-state index contributed by atoms with van der Waals surface area (Å²) in [6, 6.07) is 4.12. The Labute approximate surface area is 132 Å². The molecule has 1 fully saturated rings. The second-order valence-electron chi connectivity index (χ2n) is 5.87. The molecule has 1 saturated heterocycles. The van der Waals surface area contributed by atoms with E-state index in [4.69, 9.17) is 0 Å². The summed E-state index contributed by atoms with van der Waals surface area (Å²) < 4.78 is 0. The van der Waals surface area contributed by atoms with Crippen LogP contribution in [-0.2, 0) is 6.54 Å². The molecule has 0 amide bonds. The number of guanidine groups is 1. The number of aliphatic imine (C=N–C) groups is 1. The molecule has 1 aliphatic heterocycles. The van der Waals surface area contributed by atoms with E-state index in [2.05, 4.69) is 52.3 Å². The first kappa shape index (κ1) is 16.2. The third kappa shape index (κ3) is 3.95. The number of aromatic amines is 1. The molecule has 2 heterocycles. The minimum Gasteiger partial charge on any atom is -0.364 e. The Morgan fingerprint density at radius 3 is 2.81 bits per heavy atom. The monoisotopic (exact) mass is 309 g/mol. The predicted octanol–water partition coefficient (Wildman–Crippen LogP) is 1.46. The average molecular weight is 309 g/mol. The minimum absolute atomic E-state index is 0.244. The van der Waals surface area contributed by atoms with Crippen molar-refractivity contribution in [3.8, 4) is 0 Å². The Morgan fingerprint density at radius 2 is 2.29 bits per heavy atom. The minimum atomic E-state index is 0.244. The van der Waals surface area contributed by atoms with Gasteiger partial charge in [0.2, 0.25) is 0 Å². The highest BCUT2D eigenvalue weighted by Gasteiger charge is 2.36. The van der Waals surface area contributed by atoms with E-state index in [0.717, 1.165) is 19.0 Å². The van der Waals surface area contributed by atoms with E-state index in [1.165, 1.54) is 23.6 Å². The van der Waals surface area contributed by atoms with Crippen molar-refractivity contribution in [2.24, 2.45) is 4.99 Å². The van der Waals surface area contributed by atoms with E-state index >= 15 is 0 Å². The molecule has 0 aromatic carbocycles. The van der Waals surface area contributed by atoms with Crippen LogP contribution >= 0.6 is 11.8 Å². The number of hydrogen-bond donors (Lipinski definition) is 2. The maximum absolute atomic E-state index is 4.41. The molecular formula is C15H27N5S. The number of likely N-dealkylation sites (N-methyl/N-ethyl adjacent to an activating group) is 1. The fraction of sp³-hybridized carbons (Fsp3) is 0.667. The molecular weight excluding hydrogens is 282 g/mol. The maximum atomic E-state index is 4.41. The van der Waals surface area contributed by atoms with Crippen LogP contribution in [0.1, 0.15) is 12.1 Å². The Morgan fingerprint density at radius 1 is 1.48 bits per heavy atom. The molecule has 1 unspecified atom stereocenters. The van der Waals surface area contributed by atoms with Gasteiger partial charge in [-0.05, 0) is 38.4 Å². The van der Waals surface area contributed by atoms with Crippen LogP contribution in [0.15, 0.2) is 23.3 Å². The predicted molar refractivity (Wildman–Crippen MR) is 92.0 cm³/mol. The molecule has 1 aliphatic rings. The lowest BCUT2D eigenvalue weighted by Gasteiger charge is -2.37. The number of rotatable bonds is 5. The highest BCUT2D eigenvalue weighted by molar-refractivity contribution is 7.99. The standard InChI is InChI=1S/C15H27N5S/c1-16-14(20(4)10-13-6-5-8-17-13)18-11-15(19(2)3)7-9-21-12-15/h5-6,8,17H,7,9-12H2,1-4H3,(H,16,18). The van der Waals surface area contributed by atoms with Crippen molar-refractivity contribution in [3.05, 3.63) is 24.0 Å². The van der Waals surface area contributed by atoms with Gasteiger partial charge in [-0.15, -0.1) is 0 Å². The van der Waals surface area contributed by atoms with Crippen molar-refractivity contribution < 1.29 is 0 Å². The van der Waals surface area contributed by atoms with Gasteiger partial charge in [-0.3, -0.25) is 4.99 Å². The lowest BCUT2D eigenvalue weighted by atomic mass is 9.97. The molecule has 118 valence electrons. The number of H-pyrrole nitrogens is 1. The molecule has 1 aromatic heterocycles. The zero-order chi connectivity index (χ0) is 15.3. The quantitative estimate of drug-likeness (QED) is 0.638. The molecule has 2 N–H and O–H groups in total. The van der Waals surface area contributed by atoms with Gasteiger partial charge in [-0.2, -0.15) is 11.8 Å². The summed E-state index contributed by atoms with van der Waals surface area (Å²) >= 11 is 2.04. The van der Waals surface area contributed by atoms with Crippen molar-refractivity contribution in [1.29, 1.82) is 0 Å². The first-order valence-corrected chi connectivity index (χ1v) is 8.52. The van der Waals surface area contributed by atoms with Crippen molar-refractivity contribution in [3.63, 3.8) is 0 Å². The Bertz CT molecular complexity index is 449. The highest BCUT2D eigenvalue weighted by Crippen LogP contribution is 2.31. The lowest BCUT2D eigenvalue weighted by molar-refractivity contribution is 0.181. The first-order chi connectivity index (χ1) is 10.1. The summed E-state index contributed by atoms with van der Waals surface area (Å²) in [5, 5.41) is 3.55. The van der Waals surface area contributed by atoms with Crippen molar-refractivity contribution in [1.82, 2.24) is 20.1 Å². The number of thioether (sulfide) groups is 1. The van der Waals surface area contributed by atoms with E-state index in [-0.39, 0.29) is 5.54 Å². The van der Waals surface area contributed by atoms with Gasteiger partial charge in [0, 0.05) is 43.8 Å². The summed E-state index contributed by atoms with van der Waals surface area (Å²) in [4.78, 5) is 12.2. The van der Waals surface area contributed by atoms with Crippen LogP contribution in [0.4, 0.5) is 0 Å². The summed E-state index contributed by atoms with van der Waals surface area (Å²) in [5.41, 5.74) is 1.44. The number of nitrogens with one attached hydrogen (secondary N) is 2. The fourth-order valence-corrected chi connectivity index (χ4v) is 4.22. The van der Waals surface area contributed by atoms with E-state index in [9.17, 15) is 0 Å². The van der Waals surface area contributed by atoms with Crippen LogP contribution < -0.4 is 5.32 Å². The molecule has 0 radical (unpaired) electrons. The number of aromatic nitrogens is 1. The molecule has 21 heavy (non-hydrogen) atoms. The molecule has 0 spiro atoms. The van der Waals surface area contributed by atoms with Crippen molar-refractivity contribution in [2.75, 3.05) is 46.2 Å². The number of hydrogen-bond acceptors (Lipinski definition) is 3. The van der Waals surface area contributed by atoms with Crippen molar-refractivity contribution >= 4 is 17.7 Å². The van der Waals surface area contributed by atoms with Gasteiger partial charge in [0.15, 0.2) is 5.96 Å². The summed E-state index contributed by atoms with van der Waals surface area (Å²) in [6.45, 7) is 1.77. The van der Waals surface area contributed by atoms with Crippen LogP contribution in [0.5, 0.6) is 0 Å². The molecule has 5 nitrogen and oxygen atoms in total. The smallest absolute Gasteiger partial charge is 0.193 e. The third-order valence-corrected chi connectivity index (χ3v) is 5.48. The van der Waals surface area contributed by atoms with E-state index in [1.807, 2.05) is 31.1 Å². The Hall–Kier alpha value is -1.14. The van der Waals surface area contributed by atoms with Crippen LogP contribution in [0.3, 0.4) is 0 Å². The molecule has 1 aromatic rings. The molecule has 0 saturated carbocycles. The summed E-state index contributed by atoms with van der Waals surface area (Å²) in [6.07, 6.45) is 3.19. The van der Waals surface area contributed by atoms with E-state index in [1.54, 1.807) is 0 Å². The zero-order valence-corrected chi connectivity index (χ0v) is 14.3. The topological polar surface area (TPSA) is 46.7 Å². The molecule has 6 heteroatoms. The van der Waals surface area contributed by atoms with Crippen molar-refractivity contribution in [2.45, 2.75) is 18.5 Å². The lowest BCUT2D eigenvalue weighted by Crippen LogP contribution is -2.54. The highest BCUT2D eigenvalue weighted by atomic mass is 32.2. The van der Waals surface area contributed by atoms with E-state index in [0.29, 0.717) is 0 Å². The second-order valence-corrected chi connectivity index (χ2v) is 6.98. The number of nitrogens with zero attached hydrogens (tertiary/aromatic N) is 3. The maximum Gasteiger partial charge on any atom is 0.193 e. The molecule has 2 rings (SSSR count). The van der Waals surface area contributed by atoms with Gasteiger partial charge >= 0.3 is 0 Å². The SMILES string of the molecule is CN=C(NCC1(N(C)C)CCSC1)N(C)Cc1ccc[nH]1. The Kier molecular flexibility index (Phi) is 5.58. The fourth-order valence-electron chi connectivity index (χ4n) is 2.67. The van der Waals surface area contributed by atoms with Crippen LogP contribution in [-0.4, -0.2) is 72.5 Å². The normalized spacial score (nSPS) is 22.8. The second kappa shape index (κ2) is 7.22. The summed E-state index contributed by atoms with van der Waals surface area (Å²) in [5.74, 6) is 3.38. The van der Waals surface area contributed by atoms with E-state index < -0.39 is 0 Å².